The number of likely N-dealkylation sites (tertiary alicyclic amines) is 1. The first-order chi connectivity index (χ1) is 10.1. The maximum absolute atomic E-state index is 12.3. The number of amides is 1. The van der Waals surface area contributed by atoms with Gasteiger partial charge in [0.2, 0.25) is 0 Å². The van der Waals surface area contributed by atoms with Crippen molar-refractivity contribution >= 4 is 11.6 Å². The molecule has 0 radical (unpaired) electrons. The van der Waals surface area contributed by atoms with E-state index < -0.39 is 4.92 Å². The summed E-state index contributed by atoms with van der Waals surface area (Å²) in [6.07, 6.45) is 1.55. The third-order valence-electron chi connectivity index (χ3n) is 3.50. The molecule has 0 atom stereocenters. The van der Waals surface area contributed by atoms with Crippen LogP contribution >= 0.6 is 0 Å². The Morgan fingerprint density at radius 2 is 1.95 bits per heavy atom. The van der Waals surface area contributed by atoms with Gasteiger partial charge in [-0.05, 0) is 25.0 Å². The first-order valence-corrected chi connectivity index (χ1v) is 6.88. The lowest BCUT2D eigenvalue weighted by Crippen LogP contribution is -2.41. The standard InChI is InChI=1S/C14H18N2O5/c17-9-10-21-13-5-7-15(8-6-13)14(18)11-1-3-12(4-2-11)16(19)20/h1-4,13,17H,5-10H2. The van der Waals surface area contributed by atoms with Gasteiger partial charge in [0.25, 0.3) is 11.6 Å². The van der Waals surface area contributed by atoms with Gasteiger partial charge >= 0.3 is 0 Å². The molecule has 114 valence electrons. The SMILES string of the molecule is O=C(c1ccc([N+](=O)[O-])cc1)N1CCC(OCCO)CC1. The fourth-order valence-electron chi connectivity index (χ4n) is 2.35. The zero-order chi connectivity index (χ0) is 15.2. The molecule has 0 aromatic heterocycles. The summed E-state index contributed by atoms with van der Waals surface area (Å²) in [4.78, 5) is 24.1. The normalized spacial score (nSPS) is 16.0. The van der Waals surface area contributed by atoms with E-state index in [1.54, 1.807) is 4.90 Å². The van der Waals surface area contributed by atoms with Crippen molar-refractivity contribution in [3.8, 4) is 0 Å². The first-order valence-electron chi connectivity index (χ1n) is 6.88. The Hall–Kier alpha value is -1.99. The van der Waals surface area contributed by atoms with Gasteiger partial charge in [0.15, 0.2) is 0 Å². The summed E-state index contributed by atoms with van der Waals surface area (Å²) in [6.45, 7) is 1.50. The highest BCUT2D eigenvalue weighted by atomic mass is 16.6. The number of non-ortho nitro benzene ring substituents is 1. The van der Waals surface area contributed by atoms with Crippen molar-refractivity contribution in [2.75, 3.05) is 26.3 Å². The summed E-state index contributed by atoms with van der Waals surface area (Å²) in [5, 5.41) is 19.3. The summed E-state index contributed by atoms with van der Waals surface area (Å²) >= 11 is 0. The van der Waals surface area contributed by atoms with Gasteiger partial charge in [0.1, 0.15) is 0 Å². The zero-order valence-electron chi connectivity index (χ0n) is 11.6. The van der Waals surface area contributed by atoms with E-state index in [-0.39, 0.29) is 24.3 Å². The fraction of sp³-hybridized carbons (Fsp3) is 0.500. The van der Waals surface area contributed by atoms with Crippen LogP contribution in [0.1, 0.15) is 23.2 Å². The molecule has 1 saturated heterocycles. The topological polar surface area (TPSA) is 92.9 Å². The number of ether oxygens (including phenoxy) is 1. The summed E-state index contributed by atoms with van der Waals surface area (Å²) in [5.41, 5.74) is 0.429. The van der Waals surface area contributed by atoms with Gasteiger partial charge in [-0.2, -0.15) is 0 Å². The van der Waals surface area contributed by atoms with E-state index in [4.69, 9.17) is 9.84 Å². The number of hydrogen-bond donors (Lipinski definition) is 1. The number of hydrogen-bond acceptors (Lipinski definition) is 5. The van der Waals surface area contributed by atoms with Crippen LogP contribution in [-0.2, 0) is 4.74 Å². The van der Waals surface area contributed by atoms with E-state index in [1.807, 2.05) is 0 Å². The zero-order valence-corrected chi connectivity index (χ0v) is 11.6. The van der Waals surface area contributed by atoms with Crippen molar-refractivity contribution in [2.24, 2.45) is 0 Å². The minimum absolute atomic E-state index is 0.00192. The molecule has 1 aliphatic heterocycles. The second-order valence-electron chi connectivity index (χ2n) is 4.89. The largest absolute Gasteiger partial charge is 0.394 e. The molecule has 1 aliphatic rings. The van der Waals surface area contributed by atoms with Gasteiger partial charge in [-0.25, -0.2) is 0 Å². The summed E-state index contributed by atoms with van der Waals surface area (Å²) in [6, 6.07) is 5.64. The van der Waals surface area contributed by atoms with Gasteiger partial charge in [-0.15, -0.1) is 0 Å². The van der Waals surface area contributed by atoms with Crippen LogP contribution in [0, 0.1) is 10.1 Å². The van der Waals surface area contributed by atoms with Crippen molar-refractivity contribution in [1.82, 2.24) is 4.90 Å². The summed E-state index contributed by atoms with van der Waals surface area (Å²) in [5.74, 6) is -0.120. The van der Waals surface area contributed by atoms with E-state index in [9.17, 15) is 14.9 Å². The van der Waals surface area contributed by atoms with Crippen LogP contribution in [-0.4, -0.2) is 53.2 Å². The molecule has 0 bridgehead atoms. The number of piperidine rings is 1. The molecule has 0 aliphatic carbocycles. The van der Waals surface area contributed by atoms with Crippen LogP contribution in [0.15, 0.2) is 24.3 Å². The number of nitrogens with zero attached hydrogens (tertiary/aromatic N) is 2. The van der Waals surface area contributed by atoms with Crippen LogP contribution in [0.2, 0.25) is 0 Å². The molecular weight excluding hydrogens is 276 g/mol. The molecule has 1 aromatic rings. The van der Waals surface area contributed by atoms with Crippen molar-refractivity contribution in [1.29, 1.82) is 0 Å². The minimum atomic E-state index is -0.488. The Morgan fingerprint density at radius 3 is 2.48 bits per heavy atom. The van der Waals surface area contributed by atoms with Gasteiger partial charge in [-0.3, -0.25) is 14.9 Å². The quantitative estimate of drug-likeness (QED) is 0.651. The van der Waals surface area contributed by atoms with E-state index in [0.29, 0.717) is 25.3 Å². The van der Waals surface area contributed by atoms with E-state index in [1.165, 1.54) is 24.3 Å². The van der Waals surface area contributed by atoms with E-state index in [2.05, 4.69) is 0 Å². The average Bonchev–Trinajstić information content (AvgIpc) is 2.53. The van der Waals surface area contributed by atoms with Gasteiger partial charge in [-0.1, -0.05) is 0 Å². The van der Waals surface area contributed by atoms with Crippen LogP contribution in [0.3, 0.4) is 0 Å². The first kappa shape index (κ1) is 15.4. The van der Waals surface area contributed by atoms with Gasteiger partial charge in [0.05, 0.1) is 24.2 Å². The molecule has 0 unspecified atom stereocenters. The van der Waals surface area contributed by atoms with Crippen molar-refractivity contribution < 1.29 is 19.6 Å². The Morgan fingerprint density at radius 1 is 1.33 bits per heavy atom. The number of carbonyl (C=O) groups is 1. The fourth-order valence-corrected chi connectivity index (χ4v) is 2.35. The number of benzene rings is 1. The Kier molecular flexibility index (Phi) is 5.24. The highest BCUT2D eigenvalue weighted by Gasteiger charge is 2.24. The third kappa shape index (κ3) is 3.99. The smallest absolute Gasteiger partial charge is 0.269 e. The second-order valence-corrected chi connectivity index (χ2v) is 4.89. The molecule has 7 heteroatoms. The van der Waals surface area contributed by atoms with Crippen LogP contribution < -0.4 is 0 Å². The lowest BCUT2D eigenvalue weighted by Gasteiger charge is -2.31. The number of aliphatic hydroxyl groups is 1. The number of aliphatic hydroxyl groups excluding tert-OH is 1. The Balaban J connectivity index is 1.91. The maximum atomic E-state index is 12.3. The lowest BCUT2D eigenvalue weighted by molar-refractivity contribution is -0.384. The van der Waals surface area contributed by atoms with Crippen molar-refractivity contribution in [3.63, 3.8) is 0 Å². The molecule has 1 amide bonds. The Labute approximate surface area is 122 Å². The summed E-state index contributed by atoms with van der Waals surface area (Å²) in [7, 11) is 0. The molecule has 1 N–H and O–H groups in total. The molecule has 1 fully saturated rings. The van der Waals surface area contributed by atoms with E-state index in [0.717, 1.165) is 12.8 Å². The highest BCUT2D eigenvalue weighted by molar-refractivity contribution is 5.94. The predicted molar refractivity (Wildman–Crippen MR) is 75.1 cm³/mol. The van der Waals surface area contributed by atoms with Crippen LogP contribution in [0.5, 0.6) is 0 Å². The second kappa shape index (κ2) is 7.14. The molecule has 7 nitrogen and oxygen atoms in total. The molecular formula is C14H18N2O5. The lowest BCUT2D eigenvalue weighted by atomic mass is 10.1. The predicted octanol–water partition coefficient (Wildman–Crippen LogP) is 1.21. The molecule has 1 heterocycles. The van der Waals surface area contributed by atoms with E-state index >= 15 is 0 Å². The van der Waals surface area contributed by atoms with Gasteiger partial charge < -0.3 is 14.7 Å². The highest BCUT2D eigenvalue weighted by Crippen LogP contribution is 2.18. The summed E-state index contributed by atoms with van der Waals surface area (Å²) < 4.78 is 5.45. The average molecular weight is 294 g/mol. The molecule has 0 spiro atoms. The monoisotopic (exact) mass is 294 g/mol. The minimum Gasteiger partial charge on any atom is -0.394 e. The van der Waals surface area contributed by atoms with Crippen LogP contribution in [0.4, 0.5) is 5.69 Å². The number of rotatable bonds is 5. The van der Waals surface area contributed by atoms with Gasteiger partial charge in [0, 0.05) is 30.8 Å². The van der Waals surface area contributed by atoms with Crippen molar-refractivity contribution in [2.45, 2.75) is 18.9 Å². The van der Waals surface area contributed by atoms with Crippen molar-refractivity contribution in [3.05, 3.63) is 39.9 Å². The number of nitro groups is 1. The molecule has 1 aromatic carbocycles. The molecule has 21 heavy (non-hydrogen) atoms. The van der Waals surface area contributed by atoms with Crippen LogP contribution in [0.25, 0.3) is 0 Å². The maximum Gasteiger partial charge on any atom is 0.269 e. The molecule has 2 rings (SSSR count). The molecule has 0 saturated carbocycles. The Bertz CT molecular complexity index is 495. The number of nitro benzene ring substituents is 1. The third-order valence-corrected chi connectivity index (χ3v) is 3.50. The number of carbonyl (C=O) groups excluding carboxylic acids is 1.